The van der Waals surface area contributed by atoms with Gasteiger partial charge in [0.05, 0.1) is 6.61 Å². The number of nitrogens with one attached hydrogen (secondary N) is 1. The molecule has 0 aromatic carbocycles. The molecule has 1 aromatic rings. The molecule has 0 amide bonds. The van der Waals surface area contributed by atoms with E-state index in [0.717, 1.165) is 19.4 Å². The van der Waals surface area contributed by atoms with Crippen molar-refractivity contribution in [3.63, 3.8) is 0 Å². The molecule has 74 valence electrons. The van der Waals surface area contributed by atoms with Crippen LogP contribution < -0.4 is 5.32 Å². The van der Waals surface area contributed by atoms with E-state index in [9.17, 15) is 0 Å². The molecule has 0 fully saturated rings. The van der Waals surface area contributed by atoms with E-state index in [4.69, 9.17) is 5.11 Å². The molecule has 1 rings (SSSR count). The van der Waals surface area contributed by atoms with Crippen molar-refractivity contribution < 1.29 is 5.11 Å². The molecule has 1 atom stereocenters. The fourth-order valence-corrected chi connectivity index (χ4v) is 1.90. The second kappa shape index (κ2) is 6.13. The molecule has 0 radical (unpaired) electrons. The third-order valence-corrected chi connectivity index (χ3v) is 2.87. The van der Waals surface area contributed by atoms with Crippen molar-refractivity contribution in [3.05, 3.63) is 22.4 Å². The topological polar surface area (TPSA) is 32.3 Å². The number of rotatable bonds is 6. The summed E-state index contributed by atoms with van der Waals surface area (Å²) in [6.45, 7) is 3.27. The van der Waals surface area contributed by atoms with Gasteiger partial charge in [-0.05, 0) is 41.8 Å². The Labute approximate surface area is 83.6 Å². The first-order valence-electron chi connectivity index (χ1n) is 4.72. The first-order valence-corrected chi connectivity index (χ1v) is 5.66. The number of aliphatic hydroxyl groups excluding tert-OH is 1. The third kappa shape index (κ3) is 3.89. The minimum absolute atomic E-state index is 0.236. The molecule has 0 bridgehead atoms. The van der Waals surface area contributed by atoms with Crippen molar-refractivity contribution in [2.24, 2.45) is 0 Å². The summed E-state index contributed by atoms with van der Waals surface area (Å²) in [5.41, 5.74) is 1.38. The lowest BCUT2D eigenvalue weighted by atomic mass is 10.2. The van der Waals surface area contributed by atoms with Gasteiger partial charge in [-0.3, -0.25) is 0 Å². The molecule has 3 heteroatoms. The fraction of sp³-hybridized carbons (Fsp3) is 0.600. The van der Waals surface area contributed by atoms with Crippen LogP contribution in [-0.4, -0.2) is 24.3 Å². The molecule has 0 aliphatic carbocycles. The standard InChI is InChI=1S/C10H17NOS/c1-2-10(7-12)11-5-3-9-4-6-13-8-9/h4,6,8,10-12H,2-3,5,7H2,1H3. The smallest absolute Gasteiger partial charge is 0.0584 e. The van der Waals surface area contributed by atoms with E-state index in [1.165, 1.54) is 5.56 Å². The van der Waals surface area contributed by atoms with E-state index in [1.54, 1.807) is 11.3 Å². The Kier molecular flexibility index (Phi) is 5.05. The largest absolute Gasteiger partial charge is 0.395 e. The number of hydrogen-bond donors (Lipinski definition) is 2. The Hall–Kier alpha value is -0.380. The van der Waals surface area contributed by atoms with Gasteiger partial charge in [0.1, 0.15) is 0 Å². The molecular formula is C10H17NOS. The summed E-state index contributed by atoms with van der Waals surface area (Å²) in [5.74, 6) is 0. The summed E-state index contributed by atoms with van der Waals surface area (Å²) in [6, 6.07) is 2.41. The molecule has 0 aliphatic rings. The van der Waals surface area contributed by atoms with Gasteiger partial charge in [-0.25, -0.2) is 0 Å². The summed E-state index contributed by atoms with van der Waals surface area (Å²) in [5, 5.41) is 16.5. The summed E-state index contributed by atoms with van der Waals surface area (Å²) in [6.07, 6.45) is 2.04. The van der Waals surface area contributed by atoms with Gasteiger partial charge in [-0.15, -0.1) is 0 Å². The van der Waals surface area contributed by atoms with Gasteiger partial charge in [0.15, 0.2) is 0 Å². The molecule has 1 heterocycles. The Bertz CT molecular complexity index is 207. The average molecular weight is 199 g/mol. The maximum absolute atomic E-state index is 8.92. The van der Waals surface area contributed by atoms with Gasteiger partial charge >= 0.3 is 0 Å². The van der Waals surface area contributed by atoms with Crippen LogP contribution in [0.15, 0.2) is 16.8 Å². The van der Waals surface area contributed by atoms with Crippen LogP contribution in [0.1, 0.15) is 18.9 Å². The maximum Gasteiger partial charge on any atom is 0.0584 e. The monoisotopic (exact) mass is 199 g/mol. The highest BCUT2D eigenvalue weighted by molar-refractivity contribution is 7.07. The Morgan fingerprint density at radius 2 is 2.46 bits per heavy atom. The highest BCUT2D eigenvalue weighted by atomic mass is 32.1. The van der Waals surface area contributed by atoms with Crippen LogP contribution in [0.2, 0.25) is 0 Å². The second-order valence-corrected chi connectivity index (χ2v) is 3.90. The van der Waals surface area contributed by atoms with Crippen LogP contribution in [0.3, 0.4) is 0 Å². The molecule has 0 saturated heterocycles. The average Bonchev–Trinajstić information content (AvgIpc) is 2.65. The Balaban J connectivity index is 2.13. The lowest BCUT2D eigenvalue weighted by Gasteiger charge is -2.12. The Morgan fingerprint density at radius 3 is 3.00 bits per heavy atom. The predicted molar refractivity (Wildman–Crippen MR) is 57.2 cm³/mol. The van der Waals surface area contributed by atoms with Gasteiger partial charge in [0.2, 0.25) is 0 Å². The lowest BCUT2D eigenvalue weighted by molar-refractivity contribution is 0.240. The summed E-state index contributed by atoms with van der Waals surface area (Å²) < 4.78 is 0. The van der Waals surface area contributed by atoms with Gasteiger partial charge in [0, 0.05) is 6.04 Å². The Morgan fingerprint density at radius 1 is 1.62 bits per heavy atom. The zero-order valence-corrected chi connectivity index (χ0v) is 8.81. The minimum Gasteiger partial charge on any atom is -0.395 e. The number of thiophene rings is 1. The van der Waals surface area contributed by atoms with E-state index >= 15 is 0 Å². The maximum atomic E-state index is 8.92. The summed E-state index contributed by atoms with van der Waals surface area (Å²) in [4.78, 5) is 0. The van der Waals surface area contributed by atoms with Gasteiger partial charge in [0.25, 0.3) is 0 Å². The summed E-state index contributed by atoms with van der Waals surface area (Å²) in [7, 11) is 0. The highest BCUT2D eigenvalue weighted by Crippen LogP contribution is 2.05. The molecular weight excluding hydrogens is 182 g/mol. The molecule has 0 spiro atoms. The van der Waals surface area contributed by atoms with Crippen LogP contribution in [0.25, 0.3) is 0 Å². The normalized spacial score (nSPS) is 13.1. The first kappa shape index (κ1) is 10.7. The van der Waals surface area contributed by atoms with E-state index in [1.807, 2.05) is 0 Å². The molecule has 13 heavy (non-hydrogen) atoms. The zero-order valence-electron chi connectivity index (χ0n) is 7.99. The lowest BCUT2D eigenvalue weighted by Crippen LogP contribution is -2.33. The van der Waals surface area contributed by atoms with Crippen LogP contribution in [-0.2, 0) is 6.42 Å². The second-order valence-electron chi connectivity index (χ2n) is 3.12. The minimum atomic E-state index is 0.236. The van der Waals surface area contributed by atoms with E-state index in [2.05, 4.69) is 29.1 Å². The number of aliphatic hydroxyl groups is 1. The molecule has 2 nitrogen and oxygen atoms in total. The fourth-order valence-electron chi connectivity index (χ4n) is 1.19. The molecule has 1 aromatic heterocycles. The van der Waals surface area contributed by atoms with Crippen molar-refractivity contribution in [2.45, 2.75) is 25.8 Å². The van der Waals surface area contributed by atoms with Gasteiger partial charge in [-0.2, -0.15) is 11.3 Å². The molecule has 2 N–H and O–H groups in total. The van der Waals surface area contributed by atoms with Crippen LogP contribution >= 0.6 is 11.3 Å². The van der Waals surface area contributed by atoms with Crippen molar-refractivity contribution >= 4 is 11.3 Å². The van der Waals surface area contributed by atoms with Gasteiger partial charge in [-0.1, -0.05) is 6.92 Å². The van der Waals surface area contributed by atoms with Gasteiger partial charge < -0.3 is 10.4 Å². The van der Waals surface area contributed by atoms with Crippen LogP contribution in [0.4, 0.5) is 0 Å². The van der Waals surface area contributed by atoms with Crippen molar-refractivity contribution in [3.8, 4) is 0 Å². The zero-order chi connectivity index (χ0) is 9.52. The molecule has 0 saturated carbocycles. The first-order chi connectivity index (χ1) is 6.36. The molecule has 0 aliphatic heterocycles. The van der Waals surface area contributed by atoms with Crippen molar-refractivity contribution in [1.82, 2.24) is 5.32 Å². The van der Waals surface area contributed by atoms with Crippen molar-refractivity contribution in [1.29, 1.82) is 0 Å². The van der Waals surface area contributed by atoms with E-state index in [-0.39, 0.29) is 12.6 Å². The summed E-state index contributed by atoms with van der Waals surface area (Å²) >= 11 is 1.73. The van der Waals surface area contributed by atoms with Crippen molar-refractivity contribution in [2.75, 3.05) is 13.2 Å². The highest BCUT2D eigenvalue weighted by Gasteiger charge is 2.02. The van der Waals surface area contributed by atoms with E-state index < -0.39 is 0 Å². The predicted octanol–water partition coefficient (Wildman–Crippen LogP) is 1.65. The molecule has 1 unspecified atom stereocenters. The van der Waals surface area contributed by atoms with Crippen LogP contribution in [0.5, 0.6) is 0 Å². The van der Waals surface area contributed by atoms with Crippen LogP contribution in [0, 0.1) is 0 Å². The quantitative estimate of drug-likeness (QED) is 0.730. The van der Waals surface area contributed by atoms with E-state index in [0.29, 0.717) is 0 Å². The third-order valence-electron chi connectivity index (χ3n) is 2.14. The SMILES string of the molecule is CCC(CO)NCCc1ccsc1. The number of hydrogen-bond acceptors (Lipinski definition) is 3.